The van der Waals surface area contributed by atoms with Crippen LogP contribution in [0.2, 0.25) is 0 Å². The van der Waals surface area contributed by atoms with Crippen LogP contribution in [0.5, 0.6) is 0 Å². The largest absolute Gasteiger partial charge is 0.354 e. The Morgan fingerprint density at radius 3 is 2.55 bits per heavy atom. The second-order valence-corrected chi connectivity index (χ2v) is 6.54. The maximum atomic E-state index is 12.1. The van der Waals surface area contributed by atoms with Gasteiger partial charge in [0.1, 0.15) is 5.38 Å². The van der Waals surface area contributed by atoms with Gasteiger partial charge in [-0.15, -0.1) is 11.6 Å². The Kier molecular flexibility index (Phi) is 5.06. The first-order valence-corrected chi connectivity index (χ1v) is 7.59. The van der Waals surface area contributed by atoms with Gasteiger partial charge in [0.2, 0.25) is 5.91 Å². The van der Waals surface area contributed by atoms with Crippen molar-refractivity contribution in [1.82, 2.24) is 10.2 Å². The highest BCUT2D eigenvalue weighted by Gasteiger charge is 2.30. The summed E-state index contributed by atoms with van der Waals surface area (Å²) >= 11 is 6.22. The highest BCUT2D eigenvalue weighted by atomic mass is 35.5. The molecule has 1 atom stereocenters. The van der Waals surface area contributed by atoms with Gasteiger partial charge in [-0.1, -0.05) is 37.3 Å². The summed E-state index contributed by atoms with van der Waals surface area (Å²) in [6.07, 6.45) is 2.23. The highest BCUT2D eigenvalue weighted by molar-refractivity contribution is 6.30. The van der Waals surface area contributed by atoms with Crippen LogP contribution in [0, 0.1) is 5.41 Å². The standard InChI is InChI=1S/C16H23ClN2O/c1-16(8-10-19(2)11-9-16)12-18-15(20)14(17)13-6-4-3-5-7-13/h3-7,14H,8-12H2,1-2H3,(H,18,20). The van der Waals surface area contributed by atoms with E-state index in [1.54, 1.807) is 0 Å². The molecule has 3 nitrogen and oxygen atoms in total. The number of alkyl halides is 1. The molecule has 1 heterocycles. The van der Waals surface area contributed by atoms with Crippen LogP contribution in [0.4, 0.5) is 0 Å². The van der Waals surface area contributed by atoms with Crippen molar-refractivity contribution in [1.29, 1.82) is 0 Å². The van der Waals surface area contributed by atoms with E-state index >= 15 is 0 Å². The summed E-state index contributed by atoms with van der Waals surface area (Å²) in [6.45, 7) is 5.13. The monoisotopic (exact) mass is 294 g/mol. The molecule has 1 N–H and O–H groups in total. The fourth-order valence-corrected chi connectivity index (χ4v) is 2.72. The van der Waals surface area contributed by atoms with Crippen LogP contribution < -0.4 is 5.32 Å². The Balaban J connectivity index is 1.86. The van der Waals surface area contributed by atoms with E-state index in [0.29, 0.717) is 6.54 Å². The molecular weight excluding hydrogens is 272 g/mol. The van der Waals surface area contributed by atoms with E-state index in [9.17, 15) is 4.79 Å². The molecule has 0 aromatic heterocycles. The zero-order valence-corrected chi connectivity index (χ0v) is 13.0. The van der Waals surface area contributed by atoms with Crippen LogP contribution >= 0.6 is 11.6 Å². The number of amides is 1. The van der Waals surface area contributed by atoms with Crippen molar-refractivity contribution >= 4 is 17.5 Å². The third-order valence-corrected chi connectivity index (χ3v) is 4.66. The number of likely N-dealkylation sites (tertiary alicyclic amines) is 1. The fraction of sp³-hybridized carbons (Fsp3) is 0.562. The van der Waals surface area contributed by atoms with Crippen molar-refractivity contribution in [2.45, 2.75) is 25.1 Å². The first-order chi connectivity index (χ1) is 9.50. The van der Waals surface area contributed by atoms with E-state index in [2.05, 4.69) is 24.2 Å². The van der Waals surface area contributed by atoms with Gasteiger partial charge in [0.05, 0.1) is 0 Å². The zero-order valence-electron chi connectivity index (χ0n) is 12.2. The molecule has 110 valence electrons. The summed E-state index contributed by atoms with van der Waals surface area (Å²) in [5, 5.41) is 2.41. The van der Waals surface area contributed by atoms with Gasteiger partial charge in [-0.3, -0.25) is 4.79 Å². The minimum absolute atomic E-state index is 0.0991. The summed E-state index contributed by atoms with van der Waals surface area (Å²) < 4.78 is 0. The van der Waals surface area contributed by atoms with Gasteiger partial charge in [0.25, 0.3) is 0 Å². The lowest BCUT2D eigenvalue weighted by molar-refractivity contribution is -0.121. The normalized spacial score (nSPS) is 20.4. The van der Waals surface area contributed by atoms with Crippen molar-refractivity contribution in [2.24, 2.45) is 5.41 Å². The van der Waals surface area contributed by atoms with Crippen LogP contribution in [0.3, 0.4) is 0 Å². The molecule has 0 bridgehead atoms. The van der Waals surface area contributed by atoms with E-state index in [4.69, 9.17) is 11.6 Å². The molecule has 1 saturated heterocycles. The van der Waals surface area contributed by atoms with Gasteiger partial charge in [-0.25, -0.2) is 0 Å². The van der Waals surface area contributed by atoms with Gasteiger partial charge in [-0.2, -0.15) is 0 Å². The molecule has 1 fully saturated rings. The number of carbonyl (C=O) groups excluding carboxylic acids is 1. The maximum absolute atomic E-state index is 12.1. The van der Waals surface area contributed by atoms with Gasteiger partial charge in [0.15, 0.2) is 0 Å². The Hall–Kier alpha value is -1.06. The summed E-state index contributed by atoms with van der Waals surface area (Å²) in [7, 11) is 2.14. The van der Waals surface area contributed by atoms with Crippen molar-refractivity contribution in [3.05, 3.63) is 35.9 Å². The van der Waals surface area contributed by atoms with E-state index in [1.165, 1.54) is 0 Å². The third-order valence-electron chi connectivity index (χ3n) is 4.21. The van der Waals surface area contributed by atoms with Crippen molar-refractivity contribution in [3.63, 3.8) is 0 Å². The topological polar surface area (TPSA) is 32.3 Å². The first kappa shape index (κ1) is 15.3. The number of halogens is 1. The number of benzene rings is 1. The Labute approximate surface area is 126 Å². The summed E-state index contributed by atoms with van der Waals surface area (Å²) in [5.41, 5.74) is 1.04. The van der Waals surface area contributed by atoms with E-state index in [0.717, 1.165) is 31.5 Å². The Morgan fingerprint density at radius 2 is 1.95 bits per heavy atom. The maximum Gasteiger partial charge on any atom is 0.242 e. The summed E-state index contributed by atoms with van der Waals surface area (Å²) in [4.78, 5) is 14.5. The van der Waals surface area contributed by atoms with Gasteiger partial charge in [0, 0.05) is 6.54 Å². The van der Waals surface area contributed by atoms with Crippen molar-refractivity contribution in [2.75, 3.05) is 26.7 Å². The molecule has 1 aliphatic rings. The number of carbonyl (C=O) groups is 1. The molecular formula is C16H23ClN2O. The minimum atomic E-state index is -0.605. The number of hydrogen-bond donors (Lipinski definition) is 1. The number of piperidine rings is 1. The van der Waals surface area contributed by atoms with Crippen LogP contribution in [-0.2, 0) is 4.79 Å². The van der Waals surface area contributed by atoms with Crippen LogP contribution in [0.1, 0.15) is 30.7 Å². The van der Waals surface area contributed by atoms with Crippen molar-refractivity contribution < 1.29 is 4.79 Å². The molecule has 4 heteroatoms. The number of nitrogens with one attached hydrogen (secondary N) is 1. The lowest BCUT2D eigenvalue weighted by Gasteiger charge is -2.38. The third kappa shape index (κ3) is 3.97. The number of hydrogen-bond acceptors (Lipinski definition) is 2. The second kappa shape index (κ2) is 6.59. The zero-order chi connectivity index (χ0) is 14.6. The molecule has 1 aromatic rings. The molecule has 0 saturated carbocycles. The second-order valence-electron chi connectivity index (χ2n) is 6.10. The molecule has 0 spiro atoms. The highest BCUT2D eigenvalue weighted by Crippen LogP contribution is 2.30. The van der Waals surface area contributed by atoms with Gasteiger partial charge < -0.3 is 10.2 Å². The van der Waals surface area contributed by atoms with E-state index in [-0.39, 0.29) is 11.3 Å². The molecule has 1 aliphatic heterocycles. The fourth-order valence-electron chi connectivity index (χ4n) is 2.50. The van der Waals surface area contributed by atoms with Crippen molar-refractivity contribution in [3.8, 4) is 0 Å². The minimum Gasteiger partial charge on any atom is -0.354 e. The lowest BCUT2D eigenvalue weighted by atomic mass is 9.80. The average molecular weight is 295 g/mol. The molecule has 20 heavy (non-hydrogen) atoms. The Morgan fingerprint density at radius 1 is 1.35 bits per heavy atom. The van der Waals surface area contributed by atoms with Gasteiger partial charge in [-0.05, 0) is 44.0 Å². The molecule has 0 aliphatic carbocycles. The molecule has 2 rings (SSSR count). The lowest BCUT2D eigenvalue weighted by Crippen LogP contribution is -2.44. The quantitative estimate of drug-likeness (QED) is 0.866. The molecule has 1 aromatic carbocycles. The summed E-state index contributed by atoms with van der Waals surface area (Å²) in [5.74, 6) is -0.0991. The van der Waals surface area contributed by atoms with E-state index < -0.39 is 5.38 Å². The van der Waals surface area contributed by atoms with Gasteiger partial charge >= 0.3 is 0 Å². The van der Waals surface area contributed by atoms with Crippen LogP contribution in [0.15, 0.2) is 30.3 Å². The SMILES string of the molecule is CN1CCC(C)(CNC(=O)C(Cl)c2ccccc2)CC1. The average Bonchev–Trinajstić information content (AvgIpc) is 2.48. The number of nitrogens with zero attached hydrogens (tertiary/aromatic N) is 1. The molecule has 0 radical (unpaired) electrons. The predicted octanol–water partition coefficient (Wildman–Crippen LogP) is 2.81. The Bertz CT molecular complexity index is 441. The van der Waals surface area contributed by atoms with E-state index in [1.807, 2.05) is 30.3 Å². The number of rotatable bonds is 4. The van der Waals surface area contributed by atoms with Crippen LogP contribution in [-0.4, -0.2) is 37.5 Å². The van der Waals surface area contributed by atoms with Crippen LogP contribution in [0.25, 0.3) is 0 Å². The summed E-state index contributed by atoms with van der Waals surface area (Å²) in [6, 6.07) is 9.49. The first-order valence-electron chi connectivity index (χ1n) is 7.15. The predicted molar refractivity (Wildman–Crippen MR) is 82.9 cm³/mol. The molecule has 1 unspecified atom stereocenters. The smallest absolute Gasteiger partial charge is 0.242 e. The molecule has 1 amide bonds.